The summed E-state index contributed by atoms with van der Waals surface area (Å²) in [5, 5.41) is 19.5. The summed E-state index contributed by atoms with van der Waals surface area (Å²) in [4.78, 5) is 0. The van der Waals surface area contributed by atoms with Crippen molar-refractivity contribution in [1.82, 2.24) is 9.13 Å². The molecule has 0 fully saturated rings. The van der Waals surface area contributed by atoms with Gasteiger partial charge in [0.25, 0.3) is 0 Å². The Morgan fingerprint density at radius 2 is 0.898 bits per heavy atom. The summed E-state index contributed by atoms with van der Waals surface area (Å²) in [6, 6.07) is 62.6. The van der Waals surface area contributed by atoms with Gasteiger partial charge >= 0.3 is 0 Å². The van der Waals surface area contributed by atoms with Crippen LogP contribution in [0.2, 0.25) is 0 Å². The zero-order valence-corrected chi connectivity index (χ0v) is 33.7. The fraction of sp³-hybridized carbons (Fsp3) is 0.170. The summed E-state index contributed by atoms with van der Waals surface area (Å²) in [5.41, 5.74) is 10.8. The lowest BCUT2D eigenvalue weighted by molar-refractivity contribution is 0.648. The Morgan fingerprint density at radius 1 is 0.441 bits per heavy atom. The molecule has 2 heterocycles. The predicted octanol–water partition coefficient (Wildman–Crippen LogP) is 12.6. The third-order valence-electron chi connectivity index (χ3n) is 11.5. The number of nitrogens with zero attached hydrogens (tertiary/aromatic N) is 6. The van der Waals surface area contributed by atoms with Gasteiger partial charge in [0, 0.05) is 70.3 Å². The molecule has 6 heteroatoms. The summed E-state index contributed by atoms with van der Waals surface area (Å²) in [6.07, 6.45) is 9.25. The van der Waals surface area contributed by atoms with Crippen molar-refractivity contribution in [1.29, 1.82) is 0 Å². The maximum Gasteiger partial charge on any atom is 0.0593 e. The van der Waals surface area contributed by atoms with Crippen LogP contribution in [0.5, 0.6) is 0 Å². The average molecular weight is 771 g/mol. The van der Waals surface area contributed by atoms with Crippen LogP contribution < -0.4 is 10.0 Å². The summed E-state index contributed by atoms with van der Waals surface area (Å²) in [5.74, 6) is 0. The van der Waals surface area contributed by atoms with Crippen LogP contribution in [0.25, 0.3) is 43.6 Å². The molecule has 0 aliphatic heterocycles. The molecular formula is C53H50N6. The van der Waals surface area contributed by atoms with Gasteiger partial charge in [-0.2, -0.15) is 10.2 Å². The molecule has 0 spiro atoms. The molecule has 2 aromatic heterocycles. The molecular weight excluding hydrogens is 721 g/mol. The summed E-state index contributed by atoms with van der Waals surface area (Å²) < 4.78 is 4.75. The number of benzene rings is 7. The van der Waals surface area contributed by atoms with Gasteiger partial charge in [0.1, 0.15) is 0 Å². The van der Waals surface area contributed by atoms with Crippen molar-refractivity contribution in [2.45, 2.75) is 38.6 Å². The Balaban J connectivity index is 0.873. The number of hydrazone groups is 2. The van der Waals surface area contributed by atoms with E-state index >= 15 is 0 Å². The standard InChI is InChI=1S/C53H50N6/c1-56-50-28-14-12-26-46(50)48-37-42(30-32-51(48)56)39-54-58(44-22-8-3-9-23-44)35-16-5-17-36-59(45-24-10-4-11-25-45)55-40-43-31-33-53-49(38-43)47-27-13-15-29-52(47)57(53)34-18-21-41-19-6-2-7-20-41/h2-4,6-15,19-20,22-33,37-40H,5,16-18,21,34-36H2,1H3/b54-39+,55-40+. The number of aryl methyl sites for hydroxylation is 3. The molecule has 0 aliphatic rings. The van der Waals surface area contributed by atoms with Gasteiger partial charge in [0.05, 0.1) is 23.8 Å². The van der Waals surface area contributed by atoms with Gasteiger partial charge in [0.2, 0.25) is 0 Å². The second-order valence-corrected chi connectivity index (χ2v) is 15.4. The second-order valence-electron chi connectivity index (χ2n) is 15.4. The Labute approximate surface area is 346 Å². The molecule has 0 saturated carbocycles. The van der Waals surface area contributed by atoms with E-state index in [2.05, 4.69) is 202 Å². The molecule has 0 atom stereocenters. The van der Waals surface area contributed by atoms with Crippen molar-refractivity contribution in [2.75, 3.05) is 23.1 Å². The number of fused-ring (bicyclic) bond motifs is 6. The number of rotatable bonds is 16. The van der Waals surface area contributed by atoms with Crippen LogP contribution in [-0.4, -0.2) is 34.7 Å². The SMILES string of the molecule is Cn1c2ccccc2c2cc(/C=N/N(CCCCCN(/N=C/c3ccc4c(c3)c3ccccc3n4CCCc3ccccc3)c3ccccc3)c3ccccc3)ccc21. The molecule has 6 nitrogen and oxygen atoms in total. The van der Waals surface area contributed by atoms with Crippen molar-refractivity contribution in [2.24, 2.45) is 17.3 Å². The van der Waals surface area contributed by atoms with E-state index in [0.29, 0.717) is 0 Å². The fourth-order valence-corrected chi connectivity index (χ4v) is 8.42. The van der Waals surface area contributed by atoms with Gasteiger partial charge < -0.3 is 9.13 Å². The second kappa shape index (κ2) is 17.7. The fourth-order valence-electron chi connectivity index (χ4n) is 8.42. The molecule has 0 N–H and O–H groups in total. The van der Waals surface area contributed by atoms with Gasteiger partial charge in [0.15, 0.2) is 0 Å². The van der Waals surface area contributed by atoms with E-state index in [1.165, 1.54) is 49.2 Å². The molecule has 0 saturated heterocycles. The van der Waals surface area contributed by atoms with Crippen LogP contribution in [0.1, 0.15) is 42.4 Å². The Morgan fingerprint density at radius 3 is 1.51 bits per heavy atom. The van der Waals surface area contributed by atoms with E-state index in [4.69, 9.17) is 10.2 Å². The zero-order valence-electron chi connectivity index (χ0n) is 33.7. The molecule has 0 unspecified atom stereocenters. The quantitative estimate of drug-likeness (QED) is 0.0558. The third-order valence-corrected chi connectivity index (χ3v) is 11.5. The van der Waals surface area contributed by atoms with Gasteiger partial charge in [-0.1, -0.05) is 115 Å². The van der Waals surface area contributed by atoms with Crippen molar-refractivity contribution in [3.63, 3.8) is 0 Å². The highest BCUT2D eigenvalue weighted by molar-refractivity contribution is 6.10. The maximum atomic E-state index is 5.09. The first-order valence-corrected chi connectivity index (χ1v) is 20.9. The summed E-state index contributed by atoms with van der Waals surface area (Å²) >= 11 is 0. The molecule has 0 aliphatic carbocycles. The number of unbranched alkanes of at least 4 members (excludes halogenated alkanes) is 2. The largest absolute Gasteiger partial charge is 0.344 e. The minimum Gasteiger partial charge on any atom is -0.344 e. The molecule has 0 amide bonds. The number of para-hydroxylation sites is 4. The smallest absolute Gasteiger partial charge is 0.0593 e. The number of aromatic nitrogens is 2. The van der Waals surface area contributed by atoms with Gasteiger partial charge in [-0.05, 0) is 109 Å². The average Bonchev–Trinajstić information content (AvgIpc) is 3.76. The van der Waals surface area contributed by atoms with Gasteiger partial charge in [-0.15, -0.1) is 0 Å². The normalized spacial score (nSPS) is 11.9. The Bertz CT molecular complexity index is 2850. The predicted molar refractivity (Wildman–Crippen MR) is 251 cm³/mol. The molecule has 9 rings (SSSR count). The van der Waals surface area contributed by atoms with E-state index in [1.807, 2.05) is 12.4 Å². The molecule has 7 aromatic carbocycles. The van der Waals surface area contributed by atoms with E-state index in [9.17, 15) is 0 Å². The molecule has 0 radical (unpaired) electrons. The summed E-state index contributed by atoms with van der Waals surface area (Å²) in [6.45, 7) is 2.63. The van der Waals surface area contributed by atoms with Crippen LogP contribution in [0.15, 0.2) is 186 Å². The van der Waals surface area contributed by atoms with Crippen LogP contribution in [0.4, 0.5) is 11.4 Å². The summed E-state index contributed by atoms with van der Waals surface area (Å²) in [7, 11) is 2.14. The van der Waals surface area contributed by atoms with E-state index in [0.717, 1.165) is 74.2 Å². The first-order chi connectivity index (χ1) is 29.2. The van der Waals surface area contributed by atoms with E-state index < -0.39 is 0 Å². The highest BCUT2D eigenvalue weighted by atomic mass is 15.5. The van der Waals surface area contributed by atoms with Crippen LogP contribution in [0, 0.1) is 0 Å². The number of anilines is 2. The molecule has 9 aromatic rings. The van der Waals surface area contributed by atoms with Crippen LogP contribution in [0.3, 0.4) is 0 Å². The first-order valence-electron chi connectivity index (χ1n) is 20.9. The van der Waals surface area contributed by atoms with Gasteiger partial charge in [-0.25, -0.2) is 0 Å². The lowest BCUT2D eigenvalue weighted by Gasteiger charge is -2.21. The highest BCUT2D eigenvalue weighted by Crippen LogP contribution is 2.31. The molecule has 292 valence electrons. The minimum atomic E-state index is 0.823. The lowest BCUT2D eigenvalue weighted by Crippen LogP contribution is -2.20. The first kappa shape index (κ1) is 37.6. The topological polar surface area (TPSA) is 41.1 Å². The van der Waals surface area contributed by atoms with Crippen LogP contribution >= 0.6 is 0 Å². The number of hydrogen-bond donors (Lipinski definition) is 0. The highest BCUT2D eigenvalue weighted by Gasteiger charge is 2.13. The van der Waals surface area contributed by atoms with Crippen molar-refractivity contribution in [3.8, 4) is 0 Å². The van der Waals surface area contributed by atoms with Crippen molar-refractivity contribution < 1.29 is 0 Å². The third kappa shape index (κ3) is 8.39. The minimum absolute atomic E-state index is 0.823. The lowest BCUT2D eigenvalue weighted by atomic mass is 10.1. The van der Waals surface area contributed by atoms with Gasteiger partial charge in [-0.3, -0.25) is 10.0 Å². The molecule has 59 heavy (non-hydrogen) atoms. The monoisotopic (exact) mass is 770 g/mol. The Hall–Kier alpha value is -6.92. The van der Waals surface area contributed by atoms with Crippen molar-refractivity contribution in [3.05, 3.63) is 193 Å². The Kier molecular flexibility index (Phi) is 11.3. The molecule has 0 bridgehead atoms. The zero-order chi connectivity index (χ0) is 39.8. The van der Waals surface area contributed by atoms with E-state index in [-0.39, 0.29) is 0 Å². The van der Waals surface area contributed by atoms with Crippen molar-refractivity contribution >= 4 is 67.4 Å². The number of hydrogen-bond acceptors (Lipinski definition) is 4. The maximum absolute atomic E-state index is 5.09. The van der Waals surface area contributed by atoms with E-state index in [1.54, 1.807) is 0 Å². The van der Waals surface area contributed by atoms with Crippen LogP contribution in [-0.2, 0) is 20.0 Å².